The van der Waals surface area contributed by atoms with Crippen molar-refractivity contribution in [2.45, 2.75) is 44.6 Å². The van der Waals surface area contributed by atoms with Crippen LogP contribution < -0.4 is 0 Å². The lowest BCUT2D eigenvalue weighted by atomic mass is 9.87. The van der Waals surface area contributed by atoms with Gasteiger partial charge in [-0.3, -0.25) is 0 Å². The number of rotatable bonds is 4. The minimum atomic E-state index is -3.26. The molecule has 0 saturated heterocycles. The average molecular weight is 307 g/mol. The third-order valence-electron chi connectivity index (χ3n) is 3.25. The van der Waals surface area contributed by atoms with Crippen LogP contribution in [0.2, 0.25) is 0 Å². The van der Waals surface area contributed by atoms with Gasteiger partial charge in [-0.15, -0.1) is 0 Å². The second-order valence-corrected chi connectivity index (χ2v) is 8.48. The van der Waals surface area contributed by atoms with Crippen molar-refractivity contribution in [2.75, 3.05) is 0 Å². The number of sulfone groups is 1. The Labute approximate surface area is 126 Å². The van der Waals surface area contributed by atoms with Gasteiger partial charge in [0, 0.05) is 6.07 Å². The van der Waals surface area contributed by atoms with Crippen molar-refractivity contribution < 1.29 is 12.9 Å². The molecular formula is C16H21NO3S. The molecule has 0 saturated carbocycles. The van der Waals surface area contributed by atoms with Crippen LogP contribution in [0.4, 0.5) is 0 Å². The highest BCUT2D eigenvalue weighted by Gasteiger charge is 2.17. The molecule has 2 rings (SSSR count). The summed E-state index contributed by atoms with van der Waals surface area (Å²) in [4.78, 5) is 0. The second-order valence-electron chi connectivity index (χ2n) is 6.41. The average Bonchev–Trinajstić information content (AvgIpc) is 2.72. The lowest BCUT2D eigenvalue weighted by Crippen LogP contribution is -2.11. The summed E-state index contributed by atoms with van der Waals surface area (Å²) in [7, 11) is -3.26. The quantitative estimate of drug-likeness (QED) is 0.868. The number of aryl methyl sites for hydroxylation is 1. The van der Waals surface area contributed by atoms with Crippen molar-refractivity contribution in [2.24, 2.45) is 0 Å². The predicted molar refractivity (Wildman–Crippen MR) is 82.7 cm³/mol. The van der Waals surface area contributed by atoms with E-state index in [9.17, 15) is 8.42 Å². The molecule has 0 fully saturated rings. The van der Waals surface area contributed by atoms with Gasteiger partial charge in [-0.1, -0.05) is 50.2 Å². The van der Waals surface area contributed by atoms with E-state index < -0.39 is 9.84 Å². The number of aromatic nitrogens is 1. The van der Waals surface area contributed by atoms with Gasteiger partial charge in [-0.25, -0.2) is 8.42 Å². The van der Waals surface area contributed by atoms with Crippen LogP contribution in [0, 0.1) is 6.92 Å². The van der Waals surface area contributed by atoms with Gasteiger partial charge in [-0.05, 0) is 23.5 Å². The van der Waals surface area contributed by atoms with E-state index in [-0.39, 0.29) is 16.9 Å². The summed E-state index contributed by atoms with van der Waals surface area (Å²) in [6.07, 6.45) is 0. The predicted octanol–water partition coefficient (Wildman–Crippen LogP) is 3.40. The van der Waals surface area contributed by atoms with Gasteiger partial charge in [0.1, 0.15) is 5.75 Å². The summed E-state index contributed by atoms with van der Waals surface area (Å²) in [6.45, 7) is 8.16. The fraction of sp³-hybridized carbons (Fsp3) is 0.438. The molecule has 0 aliphatic carbocycles. The van der Waals surface area contributed by atoms with Crippen LogP contribution in [0.3, 0.4) is 0 Å². The molecule has 0 amide bonds. The molecule has 2 aromatic rings. The maximum atomic E-state index is 12.2. The number of hydrogen-bond acceptors (Lipinski definition) is 4. The van der Waals surface area contributed by atoms with Crippen molar-refractivity contribution in [1.82, 2.24) is 5.16 Å². The lowest BCUT2D eigenvalue weighted by molar-refractivity contribution is 0.388. The summed E-state index contributed by atoms with van der Waals surface area (Å²) in [6, 6.07) is 9.39. The molecule has 1 aromatic heterocycles. The standard InChI is InChI=1S/C16H21NO3S/c1-12-9-15(20-17-12)11-21(18,19)10-13-5-7-14(8-6-13)16(2,3)4/h5-9H,10-11H2,1-4H3. The molecule has 21 heavy (non-hydrogen) atoms. The Morgan fingerprint density at radius 3 is 2.19 bits per heavy atom. The summed E-state index contributed by atoms with van der Waals surface area (Å²) in [5.41, 5.74) is 2.73. The van der Waals surface area contributed by atoms with Gasteiger partial charge in [0.15, 0.2) is 15.6 Å². The van der Waals surface area contributed by atoms with Crippen molar-refractivity contribution in [3.8, 4) is 0 Å². The van der Waals surface area contributed by atoms with Gasteiger partial charge >= 0.3 is 0 Å². The van der Waals surface area contributed by atoms with E-state index in [1.54, 1.807) is 13.0 Å². The van der Waals surface area contributed by atoms with E-state index in [0.29, 0.717) is 11.5 Å². The molecular weight excluding hydrogens is 286 g/mol. The normalized spacial score (nSPS) is 12.6. The molecule has 4 nitrogen and oxygen atoms in total. The fourth-order valence-electron chi connectivity index (χ4n) is 2.11. The Kier molecular flexibility index (Phi) is 4.23. The Bertz CT molecular complexity index is 707. The Morgan fingerprint density at radius 2 is 1.71 bits per heavy atom. The molecule has 0 aliphatic heterocycles. The van der Waals surface area contributed by atoms with Crippen LogP contribution in [0.25, 0.3) is 0 Å². The van der Waals surface area contributed by atoms with Gasteiger partial charge in [0.2, 0.25) is 0 Å². The van der Waals surface area contributed by atoms with E-state index in [4.69, 9.17) is 4.52 Å². The van der Waals surface area contributed by atoms with Gasteiger partial charge < -0.3 is 4.52 Å². The zero-order valence-electron chi connectivity index (χ0n) is 12.9. The first-order valence-corrected chi connectivity index (χ1v) is 8.70. The van der Waals surface area contributed by atoms with Crippen LogP contribution >= 0.6 is 0 Å². The molecule has 0 aliphatic rings. The molecule has 0 atom stereocenters. The van der Waals surface area contributed by atoms with Crippen LogP contribution in [0.15, 0.2) is 34.9 Å². The lowest BCUT2D eigenvalue weighted by Gasteiger charge is -2.19. The molecule has 0 bridgehead atoms. The van der Waals surface area contributed by atoms with Crippen LogP contribution in [-0.4, -0.2) is 13.6 Å². The summed E-state index contributed by atoms with van der Waals surface area (Å²) < 4.78 is 29.3. The molecule has 5 heteroatoms. The number of benzene rings is 1. The van der Waals surface area contributed by atoms with Gasteiger partial charge in [0.25, 0.3) is 0 Å². The van der Waals surface area contributed by atoms with Crippen LogP contribution in [0.5, 0.6) is 0 Å². The molecule has 0 radical (unpaired) electrons. The zero-order chi connectivity index (χ0) is 15.7. The maximum absolute atomic E-state index is 12.2. The first-order chi connectivity index (χ1) is 9.66. The first-order valence-electron chi connectivity index (χ1n) is 6.88. The Balaban J connectivity index is 2.10. The van der Waals surface area contributed by atoms with E-state index in [2.05, 4.69) is 25.9 Å². The Hall–Kier alpha value is -1.62. The molecule has 1 heterocycles. The third kappa shape index (κ3) is 4.43. The van der Waals surface area contributed by atoms with Crippen molar-refractivity contribution in [3.05, 3.63) is 52.9 Å². The molecule has 0 unspecified atom stereocenters. The zero-order valence-corrected chi connectivity index (χ0v) is 13.7. The highest BCUT2D eigenvalue weighted by Crippen LogP contribution is 2.23. The second kappa shape index (κ2) is 5.64. The highest BCUT2D eigenvalue weighted by atomic mass is 32.2. The highest BCUT2D eigenvalue weighted by molar-refractivity contribution is 7.89. The van der Waals surface area contributed by atoms with E-state index >= 15 is 0 Å². The first kappa shape index (κ1) is 15.8. The topological polar surface area (TPSA) is 60.2 Å². The number of hydrogen-bond donors (Lipinski definition) is 0. The molecule has 114 valence electrons. The van der Waals surface area contributed by atoms with Crippen molar-refractivity contribution >= 4 is 9.84 Å². The monoisotopic (exact) mass is 307 g/mol. The van der Waals surface area contributed by atoms with Crippen molar-refractivity contribution in [3.63, 3.8) is 0 Å². The third-order valence-corrected chi connectivity index (χ3v) is 4.74. The molecule has 1 aromatic carbocycles. The summed E-state index contributed by atoms with van der Waals surface area (Å²) in [5.74, 6) is 0.283. The van der Waals surface area contributed by atoms with Crippen LogP contribution in [0.1, 0.15) is 43.4 Å². The largest absolute Gasteiger partial charge is 0.360 e. The maximum Gasteiger partial charge on any atom is 0.161 e. The number of nitrogens with zero attached hydrogens (tertiary/aromatic N) is 1. The smallest absolute Gasteiger partial charge is 0.161 e. The van der Waals surface area contributed by atoms with Crippen molar-refractivity contribution in [1.29, 1.82) is 0 Å². The SMILES string of the molecule is Cc1cc(CS(=O)(=O)Cc2ccc(C(C)(C)C)cc2)on1. The van der Waals surface area contributed by atoms with Crippen LogP contribution in [-0.2, 0) is 26.8 Å². The van der Waals surface area contributed by atoms with E-state index in [1.807, 2.05) is 24.3 Å². The fourth-order valence-corrected chi connectivity index (χ4v) is 3.48. The minimum Gasteiger partial charge on any atom is -0.360 e. The van der Waals surface area contributed by atoms with E-state index in [0.717, 1.165) is 5.56 Å². The van der Waals surface area contributed by atoms with E-state index in [1.165, 1.54) is 5.56 Å². The summed E-state index contributed by atoms with van der Waals surface area (Å²) in [5, 5.41) is 3.71. The minimum absolute atomic E-state index is 0.0111. The molecule has 0 spiro atoms. The summed E-state index contributed by atoms with van der Waals surface area (Å²) >= 11 is 0. The van der Waals surface area contributed by atoms with Gasteiger partial charge in [0.05, 0.1) is 11.4 Å². The Morgan fingerprint density at radius 1 is 1.10 bits per heavy atom. The van der Waals surface area contributed by atoms with Gasteiger partial charge in [-0.2, -0.15) is 0 Å². The molecule has 0 N–H and O–H groups in total.